The molecular weight excluding hydrogens is 332 g/mol. The zero-order valence-electron chi connectivity index (χ0n) is 9.11. The van der Waals surface area contributed by atoms with Crippen molar-refractivity contribution in [1.29, 1.82) is 0 Å². The fraction of sp³-hybridized carbons (Fsp3) is 0.400. The van der Waals surface area contributed by atoms with Crippen molar-refractivity contribution in [3.05, 3.63) is 27.2 Å². The molecule has 4 nitrogen and oxygen atoms in total. The molecule has 0 fully saturated rings. The van der Waals surface area contributed by atoms with Crippen LogP contribution in [-0.4, -0.2) is 28.7 Å². The maximum absolute atomic E-state index is 10.7. The molecular formula is C10H12BrClO4S. The Balaban J connectivity index is 2.98. The van der Waals surface area contributed by atoms with E-state index in [9.17, 15) is 8.42 Å². The lowest BCUT2D eigenvalue weighted by Crippen LogP contribution is -2.07. The quantitative estimate of drug-likeness (QED) is 0.636. The van der Waals surface area contributed by atoms with Crippen LogP contribution in [0.3, 0.4) is 0 Å². The molecule has 7 heteroatoms. The summed E-state index contributed by atoms with van der Waals surface area (Å²) in [4.78, 5) is 0. The molecule has 0 atom stereocenters. The third-order valence-electron chi connectivity index (χ3n) is 1.96. The first-order valence-electron chi connectivity index (χ1n) is 4.76. The van der Waals surface area contributed by atoms with E-state index < -0.39 is 10.7 Å². The van der Waals surface area contributed by atoms with Crippen molar-refractivity contribution in [3.8, 4) is 5.75 Å². The molecule has 0 amide bonds. The Morgan fingerprint density at radius 1 is 1.35 bits per heavy atom. The van der Waals surface area contributed by atoms with Gasteiger partial charge in [0.1, 0.15) is 23.1 Å². The first-order chi connectivity index (χ1) is 8.06. The van der Waals surface area contributed by atoms with Gasteiger partial charge in [0.05, 0.1) is 17.4 Å². The third-order valence-corrected chi connectivity index (χ3v) is 3.83. The largest absolute Gasteiger partial charge is 0.489 e. The summed E-state index contributed by atoms with van der Waals surface area (Å²) in [6.45, 7) is 0.723. The Morgan fingerprint density at radius 3 is 2.65 bits per heavy atom. The van der Waals surface area contributed by atoms with E-state index in [4.69, 9.17) is 21.1 Å². The van der Waals surface area contributed by atoms with Crippen molar-refractivity contribution >= 4 is 38.2 Å². The summed E-state index contributed by atoms with van der Waals surface area (Å²) in [6.07, 6.45) is 0. The number of ether oxygens (including phenoxy) is 2. The predicted octanol–water partition coefficient (Wildman–Crippen LogP) is 2.24. The van der Waals surface area contributed by atoms with Crippen molar-refractivity contribution in [2.75, 3.05) is 20.3 Å². The van der Waals surface area contributed by atoms with Gasteiger partial charge in [-0.05, 0) is 22.0 Å². The standard InChI is InChI=1S/C10H12BrClO4S/c1-15-4-5-16-10-7(6-17(13)14)2-3-8(11)9(10)12/h2-3,17H,4-6H2,1H3. The number of hydrogen-bond acceptors (Lipinski definition) is 4. The molecule has 0 aromatic heterocycles. The molecule has 0 N–H and O–H groups in total. The summed E-state index contributed by atoms with van der Waals surface area (Å²) < 4.78 is 32.5. The highest BCUT2D eigenvalue weighted by molar-refractivity contribution is 9.10. The second kappa shape index (κ2) is 7.20. The average molecular weight is 344 g/mol. The lowest BCUT2D eigenvalue weighted by Gasteiger charge is -2.12. The normalized spacial score (nSPS) is 10.8. The second-order valence-electron chi connectivity index (χ2n) is 3.18. The van der Waals surface area contributed by atoms with Crippen LogP contribution in [0.5, 0.6) is 5.75 Å². The highest BCUT2D eigenvalue weighted by Crippen LogP contribution is 2.35. The van der Waals surface area contributed by atoms with Crippen LogP contribution in [0.4, 0.5) is 0 Å². The molecule has 96 valence electrons. The van der Waals surface area contributed by atoms with Crippen molar-refractivity contribution in [2.45, 2.75) is 5.75 Å². The fourth-order valence-electron chi connectivity index (χ4n) is 1.22. The van der Waals surface area contributed by atoms with Gasteiger partial charge in [0.15, 0.2) is 0 Å². The predicted molar refractivity (Wildman–Crippen MR) is 70.5 cm³/mol. The maximum Gasteiger partial charge on any atom is 0.144 e. The first kappa shape index (κ1) is 14.8. The molecule has 17 heavy (non-hydrogen) atoms. The molecule has 1 rings (SSSR count). The molecule has 0 spiro atoms. The van der Waals surface area contributed by atoms with E-state index in [-0.39, 0.29) is 5.75 Å². The minimum absolute atomic E-state index is 0.0926. The van der Waals surface area contributed by atoms with E-state index in [1.807, 2.05) is 0 Å². The van der Waals surface area contributed by atoms with Crippen LogP contribution >= 0.6 is 27.5 Å². The van der Waals surface area contributed by atoms with Crippen molar-refractivity contribution in [3.63, 3.8) is 0 Å². The van der Waals surface area contributed by atoms with E-state index in [0.717, 1.165) is 0 Å². The van der Waals surface area contributed by atoms with Crippen LogP contribution in [0.25, 0.3) is 0 Å². The molecule has 0 aliphatic heterocycles. The van der Waals surface area contributed by atoms with Crippen LogP contribution in [0.15, 0.2) is 16.6 Å². The molecule has 0 unspecified atom stereocenters. The number of thiol groups is 1. The number of hydrogen-bond donors (Lipinski definition) is 1. The molecule has 0 radical (unpaired) electrons. The van der Waals surface area contributed by atoms with Crippen molar-refractivity contribution < 1.29 is 17.9 Å². The Hall–Kier alpha value is -0.300. The average Bonchev–Trinajstić information content (AvgIpc) is 2.27. The minimum atomic E-state index is -2.52. The van der Waals surface area contributed by atoms with Gasteiger partial charge >= 0.3 is 0 Å². The summed E-state index contributed by atoms with van der Waals surface area (Å²) in [6, 6.07) is 3.36. The minimum Gasteiger partial charge on any atom is -0.489 e. The summed E-state index contributed by atoms with van der Waals surface area (Å²) in [5, 5.41) is 0.371. The van der Waals surface area contributed by atoms with E-state index in [1.165, 1.54) is 0 Å². The van der Waals surface area contributed by atoms with Crippen LogP contribution in [0.1, 0.15) is 5.56 Å². The zero-order chi connectivity index (χ0) is 12.8. The highest BCUT2D eigenvalue weighted by atomic mass is 79.9. The van der Waals surface area contributed by atoms with Crippen molar-refractivity contribution in [1.82, 2.24) is 0 Å². The van der Waals surface area contributed by atoms with Crippen molar-refractivity contribution in [2.24, 2.45) is 0 Å². The van der Waals surface area contributed by atoms with Gasteiger partial charge in [0, 0.05) is 17.1 Å². The summed E-state index contributed by atoms with van der Waals surface area (Å²) in [5.41, 5.74) is 0.547. The number of benzene rings is 1. The first-order valence-corrected chi connectivity index (χ1v) is 7.30. The second-order valence-corrected chi connectivity index (χ2v) is 5.40. The molecule has 1 aromatic rings. The number of rotatable bonds is 6. The molecule has 0 aliphatic carbocycles. The molecule has 0 saturated heterocycles. The van der Waals surface area contributed by atoms with Crippen LogP contribution in [0.2, 0.25) is 5.02 Å². The van der Waals surface area contributed by atoms with E-state index in [2.05, 4.69) is 15.9 Å². The topological polar surface area (TPSA) is 52.6 Å². The van der Waals surface area contributed by atoms with E-state index in [0.29, 0.717) is 34.0 Å². The summed E-state index contributed by atoms with van der Waals surface area (Å²) >= 11 is 9.31. The molecule has 0 saturated carbocycles. The van der Waals surface area contributed by atoms with Gasteiger partial charge in [-0.3, -0.25) is 0 Å². The van der Waals surface area contributed by atoms with Crippen LogP contribution in [-0.2, 0) is 21.2 Å². The van der Waals surface area contributed by atoms with Gasteiger partial charge in [-0.25, -0.2) is 8.42 Å². The monoisotopic (exact) mass is 342 g/mol. The Morgan fingerprint density at radius 2 is 2.06 bits per heavy atom. The van der Waals surface area contributed by atoms with Gasteiger partial charge in [-0.1, -0.05) is 17.7 Å². The third kappa shape index (κ3) is 4.46. The molecule has 0 bridgehead atoms. The summed E-state index contributed by atoms with van der Waals surface area (Å²) in [7, 11) is -0.962. The van der Waals surface area contributed by atoms with Gasteiger partial charge in [-0.2, -0.15) is 0 Å². The number of methoxy groups -OCH3 is 1. The Labute approximate surface area is 115 Å². The smallest absolute Gasteiger partial charge is 0.144 e. The zero-order valence-corrected chi connectivity index (χ0v) is 12.3. The highest BCUT2D eigenvalue weighted by Gasteiger charge is 2.12. The lowest BCUT2D eigenvalue weighted by molar-refractivity contribution is 0.146. The molecule has 0 heterocycles. The van der Waals surface area contributed by atoms with E-state index >= 15 is 0 Å². The van der Waals surface area contributed by atoms with Gasteiger partial charge in [-0.15, -0.1) is 0 Å². The lowest BCUT2D eigenvalue weighted by atomic mass is 10.2. The molecule has 0 aliphatic rings. The van der Waals surface area contributed by atoms with Gasteiger partial charge in [0.25, 0.3) is 0 Å². The molecule has 1 aromatic carbocycles. The maximum atomic E-state index is 10.7. The van der Waals surface area contributed by atoms with Gasteiger partial charge in [0.2, 0.25) is 0 Å². The SMILES string of the molecule is COCCOc1c(C[SH](=O)=O)ccc(Br)c1Cl. The fourth-order valence-corrected chi connectivity index (χ4v) is 2.30. The number of halogens is 2. The Bertz CT molecular complexity index is 454. The van der Waals surface area contributed by atoms with Crippen LogP contribution < -0.4 is 4.74 Å². The van der Waals surface area contributed by atoms with Gasteiger partial charge < -0.3 is 9.47 Å². The van der Waals surface area contributed by atoms with E-state index in [1.54, 1.807) is 19.2 Å². The Kier molecular flexibility index (Phi) is 6.26. The van der Waals surface area contributed by atoms with Crippen LogP contribution in [0, 0.1) is 0 Å². The summed E-state index contributed by atoms with van der Waals surface area (Å²) in [5.74, 6) is 0.294.